The average Bonchev–Trinajstić information content (AvgIpc) is 3.60. The molecule has 48 heavy (non-hydrogen) atoms. The summed E-state index contributed by atoms with van der Waals surface area (Å²) in [7, 11) is 0. The van der Waals surface area contributed by atoms with Crippen molar-refractivity contribution in [1.29, 1.82) is 0 Å². The van der Waals surface area contributed by atoms with Gasteiger partial charge in [0.1, 0.15) is 24.3 Å². The summed E-state index contributed by atoms with van der Waals surface area (Å²) in [6.45, 7) is 5.65. The lowest BCUT2D eigenvalue weighted by atomic mass is 9.98. The van der Waals surface area contributed by atoms with Crippen molar-refractivity contribution in [1.82, 2.24) is 20.9 Å². The van der Waals surface area contributed by atoms with Gasteiger partial charge in [0, 0.05) is 36.0 Å². The molecule has 11 nitrogen and oxygen atoms in total. The van der Waals surface area contributed by atoms with Crippen LogP contribution in [0.1, 0.15) is 62.6 Å². The third-order valence-electron chi connectivity index (χ3n) is 8.25. The average molecular weight is 655 g/mol. The van der Waals surface area contributed by atoms with Gasteiger partial charge < -0.3 is 35.5 Å². The Balaban J connectivity index is 1.23. The Morgan fingerprint density at radius 1 is 0.833 bits per heavy atom. The number of H-pyrrole nitrogens is 1. The van der Waals surface area contributed by atoms with E-state index in [9.17, 15) is 24.3 Å². The monoisotopic (exact) mass is 654 g/mol. The van der Waals surface area contributed by atoms with E-state index < -0.39 is 41.7 Å². The van der Waals surface area contributed by atoms with Crippen LogP contribution >= 0.6 is 0 Å². The zero-order valence-corrected chi connectivity index (χ0v) is 27.4. The van der Waals surface area contributed by atoms with Gasteiger partial charge in [0.25, 0.3) is 0 Å². The summed E-state index contributed by atoms with van der Waals surface area (Å²) >= 11 is 0. The van der Waals surface area contributed by atoms with E-state index in [1.807, 2.05) is 72.8 Å². The fraction of sp³-hybridized carbons (Fsp3) is 0.351. The van der Waals surface area contributed by atoms with Crippen molar-refractivity contribution in [2.75, 3.05) is 13.2 Å². The number of fused-ring (bicyclic) bond motifs is 4. The number of alkyl carbamates (subject to hydrolysis) is 2. The molecule has 1 aliphatic rings. The van der Waals surface area contributed by atoms with Gasteiger partial charge in [0.05, 0.1) is 0 Å². The molecule has 0 bridgehead atoms. The SMILES string of the molecule is CC(C)(C)OC(=O)NCCCCC(NC(=O)C(Cc1c[nH]c2ccccc12)NC(=O)OCC1c2ccccc2-c2ccccc21)C(=O)O. The van der Waals surface area contributed by atoms with Gasteiger partial charge in [-0.3, -0.25) is 4.79 Å². The van der Waals surface area contributed by atoms with Crippen LogP contribution in [0.5, 0.6) is 0 Å². The zero-order chi connectivity index (χ0) is 34.3. The van der Waals surface area contributed by atoms with E-state index in [0.717, 1.165) is 38.7 Å². The van der Waals surface area contributed by atoms with E-state index >= 15 is 0 Å². The molecule has 0 radical (unpaired) electrons. The van der Waals surface area contributed by atoms with Gasteiger partial charge in [0.2, 0.25) is 5.91 Å². The van der Waals surface area contributed by atoms with Crippen LogP contribution in [0.2, 0.25) is 0 Å². The Bertz CT molecular complexity index is 1730. The van der Waals surface area contributed by atoms with Gasteiger partial charge >= 0.3 is 18.2 Å². The number of hydrogen-bond donors (Lipinski definition) is 5. The lowest BCUT2D eigenvalue weighted by molar-refractivity contribution is -0.142. The molecule has 1 aliphatic carbocycles. The third-order valence-corrected chi connectivity index (χ3v) is 8.25. The molecule has 11 heteroatoms. The first-order valence-electron chi connectivity index (χ1n) is 16.2. The maximum atomic E-state index is 13.6. The second-order valence-corrected chi connectivity index (χ2v) is 12.9. The van der Waals surface area contributed by atoms with Crippen molar-refractivity contribution in [3.8, 4) is 11.1 Å². The molecular formula is C37H42N4O7. The number of nitrogens with one attached hydrogen (secondary N) is 4. The number of amides is 3. The van der Waals surface area contributed by atoms with Crippen LogP contribution in [-0.2, 0) is 25.5 Å². The smallest absolute Gasteiger partial charge is 0.407 e. The van der Waals surface area contributed by atoms with Gasteiger partial charge in [-0.2, -0.15) is 0 Å². The Morgan fingerprint density at radius 2 is 1.48 bits per heavy atom. The Labute approximate surface area is 279 Å². The minimum atomic E-state index is -1.20. The van der Waals surface area contributed by atoms with E-state index in [-0.39, 0.29) is 25.4 Å². The standard InChI is InChI=1S/C37H42N4O7/c1-37(2,3)48-35(45)38-19-11-10-18-31(34(43)44)40-33(42)32(20-23-21-39-30-17-9-8-12-24(23)30)41-36(46)47-22-29-27-15-6-4-13-25(27)26-14-5-7-16-28(26)29/h4-9,12-17,21,29,31-32,39H,10-11,18-20,22H2,1-3H3,(H,38,45)(H,40,42)(H,41,46)(H,43,44). The molecular weight excluding hydrogens is 612 g/mol. The van der Waals surface area contributed by atoms with Gasteiger partial charge in [-0.05, 0) is 73.9 Å². The first-order chi connectivity index (χ1) is 23.0. The summed E-state index contributed by atoms with van der Waals surface area (Å²) in [4.78, 5) is 54.1. The molecule has 0 aliphatic heterocycles. The molecule has 0 saturated heterocycles. The number of aromatic nitrogens is 1. The minimum absolute atomic E-state index is 0.0658. The molecule has 2 unspecified atom stereocenters. The molecule has 5 N–H and O–H groups in total. The Kier molecular flexibility index (Phi) is 10.7. The predicted octanol–water partition coefficient (Wildman–Crippen LogP) is 5.88. The number of carbonyl (C=O) groups excluding carboxylic acids is 3. The van der Waals surface area contributed by atoms with Gasteiger partial charge in [-0.15, -0.1) is 0 Å². The Hall–Kier alpha value is -5.32. The number of aromatic amines is 1. The van der Waals surface area contributed by atoms with Gasteiger partial charge in [-0.1, -0.05) is 66.7 Å². The van der Waals surface area contributed by atoms with Crippen LogP contribution < -0.4 is 16.0 Å². The number of unbranched alkanes of at least 4 members (excludes halogenated alkanes) is 1. The molecule has 2 atom stereocenters. The summed E-state index contributed by atoms with van der Waals surface area (Å²) in [5.74, 6) is -2.01. The highest BCUT2D eigenvalue weighted by atomic mass is 16.6. The van der Waals surface area contributed by atoms with Gasteiger partial charge in [0.15, 0.2) is 0 Å². The summed E-state index contributed by atoms with van der Waals surface area (Å²) < 4.78 is 10.9. The van der Waals surface area contributed by atoms with Crippen LogP contribution in [0.25, 0.3) is 22.0 Å². The third kappa shape index (κ3) is 8.52. The highest BCUT2D eigenvalue weighted by Crippen LogP contribution is 2.44. The number of carbonyl (C=O) groups is 4. The molecule has 0 spiro atoms. The number of hydrogen-bond acceptors (Lipinski definition) is 6. The summed E-state index contributed by atoms with van der Waals surface area (Å²) in [6, 6.07) is 21.3. The fourth-order valence-corrected chi connectivity index (χ4v) is 6.02. The molecule has 4 aromatic rings. The van der Waals surface area contributed by atoms with Crippen LogP contribution in [-0.4, -0.2) is 65.0 Å². The molecule has 3 amide bonds. The van der Waals surface area contributed by atoms with E-state index in [2.05, 4.69) is 20.9 Å². The predicted molar refractivity (Wildman–Crippen MR) is 182 cm³/mol. The topological polar surface area (TPSA) is 159 Å². The summed E-state index contributed by atoms with van der Waals surface area (Å²) in [5.41, 5.74) is 5.34. The number of benzene rings is 3. The Morgan fingerprint density at radius 3 is 2.15 bits per heavy atom. The summed E-state index contributed by atoms with van der Waals surface area (Å²) in [6.07, 6.45) is 1.57. The van der Waals surface area contributed by atoms with E-state index in [1.54, 1.807) is 27.0 Å². The fourth-order valence-electron chi connectivity index (χ4n) is 6.02. The largest absolute Gasteiger partial charge is 0.480 e. The highest BCUT2D eigenvalue weighted by molar-refractivity contribution is 5.91. The minimum Gasteiger partial charge on any atom is -0.480 e. The van der Waals surface area contributed by atoms with Crippen molar-refractivity contribution >= 4 is 35.0 Å². The lowest BCUT2D eigenvalue weighted by Gasteiger charge is -2.22. The molecule has 0 fully saturated rings. The zero-order valence-electron chi connectivity index (χ0n) is 27.4. The van der Waals surface area contributed by atoms with Crippen molar-refractivity contribution in [2.45, 2.75) is 70.1 Å². The molecule has 0 saturated carbocycles. The maximum Gasteiger partial charge on any atom is 0.407 e. The molecule has 1 aromatic heterocycles. The number of carboxylic acids is 1. The van der Waals surface area contributed by atoms with Crippen molar-refractivity contribution in [3.63, 3.8) is 0 Å². The second-order valence-electron chi connectivity index (χ2n) is 12.9. The maximum absolute atomic E-state index is 13.6. The second kappa shape index (κ2) is 15.1. The first kappa shape index (κ1) is 34.0. The number of para-hydroxylation sites is 1. The number of rotatable bonds is 13. The summed E-state index contributed by atoms with van der Waals surface area (Å²) in [5, 5.41) is 18.7. The van der Waals surface area contributed by atoms with Crippen LogP contribution in [0, 0.1) is 0 Å². The first-order valence-corrected chi connectivity index (χ1v) is 16.2. The molecule has 252 valence electrons. The number of carboxylic acid groups (broad SMARTS) is 1. The number of aliphatic carboxylic acids is 1. The van der Waals surface area contributed by atoms with Crippen LogP contribution in [0.3, 0.4) is 0 Å². The molecule has 3 aromatic carbocycles. The van der Waals surface area contributed by atoms with E-state index in [1.165, 1.54) is 0 Å². The van der Waals surface area contributed by atoms with Crippen molar-refractivity contribution < 1.29 is 33.8 Å². The van der Waals surface area contributed by atoms with E-state index in [4.69, 9.17) is 9.47 Å². The molecule has 5 rings (SSSR count). The normalized spacial score (nSPS) is 13.6. The highest BCUT2D eigenvalue weighted by Gasteiger charge is 2.31. The van der Waals surface area contributed by atoms with Crippen molar-refractivity contribution in [2.24, 2.45) is 0 Å². The quantitative estimate of drug-likeness (QED) is 0.113. The van der Waals surface area contributed by atoms with Crippen LogP contribution in [0.15, 0.2) is 79.0 Å². The lowest BCUT2D eigenvalue weighted by Crippen LogP contribution is -2.52. The van der Waals surface area contributed by atoms with Gasteiger partial charge in [-0.25, -0.2) is 14.4 Å². The van der Waals surface area contributed by atoms with Crippen LogP contribution in [0.4, 0.5) is 9.59 Å². The van der Waals surface area contributed by atoms with E-state index in [0.29, 0.717) is 19.4 Å². The van der Waals surface area contributed by atoms with Crippen molar-refractivity contribution in [3.05, 3.63) is 95.7 Å². The molecule has 1 heterocycles. The number of ether oxygens (including phenoxy) is 2.